The lowest BCUT2D eigenvalue weighted by molar-refractivity contribution is -0.0561. The second-order valence-electron chi connectivity index (χ2n) is 6.36. The Hall–Kier alpha value is -1.01. The lowest BCUT2D eigenvalue weighted by Crippen LogP contribution is -2.48. The van der Waals surface area contributed by atoms with Crippen LogP contribution in [0.3, 0.4) is 0 Å². The average molecular weight is 306 g/mol. The summed E-state index contributed by atoms with van der Waals surface area (Å²) >= 11 is 0. The Balaban J connectivity index is 1.48. The number of rotatable bonds is 6. The third-order valence-corrected chi connectivity index (χ3v) is 4.61. The van der Waals surface area contributed by atoms with Crippen LogP contribution in [-0.2, 0) is 20.8 Å². The predicted molar refractivity (Wildman–Crippen MR) is 83.7 cm³/mol. The summed E-state index contributed by atoms with van der Waals surface area (Å²) in [7, 11) is 1.76. The van der Waals surface area contributed by atoms with Crippen LogP contribution in [0.25, 0.3) is 0 Å². The molecule has 0 bridgehead atoms. The molecule has 1 aromatic rings. The Morgan fingerprint density at radius 1 is 1.50 bits per heavy atom. The van der Waals surface area contributed by atoms with E-state index in [1.807, 2.05) is 18.3 Å². The molecule has 122 valence electrons. The summed E-state index contributed by atoms with van der Waals surface area (Å²) in [6.07, 6.45) is 7.17. The summed E-state index contributed by atoms with van der Waals surface area (Å²) in [6.45, 7) is 5.25. The summed E-state index contributed by atoms with van der Waals surface area (Å²) in [5, 5.41) is 0. The minimum absolute atomic E-state index is 0.00834. The molecular formula is C17H26N2O3. The van der Waals surface area contributed by atoms with Gasteiger partial charge in [-0.2, -0.15) is 0 Å². The molecule has 2 unspecified atom stereocenters. The third-order valence-electron chi connectivity index (χ3n) is 4.61. The number of hydrogen-bond acceptors (Lipinski definition) is 5. The average Bonchev–Trinajstić information content (AvgIpc) is 2.94. The van der Waals surface area contributed by atoms with Gasteiger partial charge in [0, 0.05) is 39.0 Å². The van der Waals surface area contributed by atoms with Crippen molar-refractivity contribution in [3.63, 3.8) is 0 Å². The number of piperidine rings is 1. The number of pyridine rings is 1. The van der Waals surface area contributed by atoms with Gasteiger partial charge < -0.3 is 14.2 Å². The summed E-state index contributed by atoms with van der Waals surface area (Å²) in [5.74, 6) is 0. The Kier molecular flexibility index (Phi) is 5.41. The molecule has 0 saturated carbocycles. The summed E-state index contributed by atoms with van der Waals surface area (Å²) in [4.78, 5) is 6.58. The maximum Gasteiger partial charge on any atom is 0.0841 e. The van der Waals surface area contributed by atoms with Gasteiger partial charge in [-0.25, -0.2) is 0 Å². The van der Waals surface area contributed by atoms with Crippen molar-refractivity contribution in [2.45, 2.75) is 37.6 Å². The monoisotopic (exact) mass is 306 g/mol. The fraction of sp³-hybridized carbons (Fsp3) is 0.706. The van der Waals surface area contributed by atoms with Gasteiger partial charge in [0.2, 0.25) is 0 Å². The zero-order chi connectivity index (χ0) is 15.3. The highest BCUT2D eigenvalue weighted by molar-refractivity contribution is 5.07. The van der Waals surface area contributed by atoms with E-state index in [1.54, 1.807) is 13.3 Å². The Labute approximate surface area is 132 Å². The second-order valence-corrected chi connectivity index (χ2v) is 6.36. The molecular weight excluding hydrogens is 280 g/mol. The van der Waals surface area contributed by atoms with Gasteiger partial charge in [0.05, 0.1) is 31.5 Å². The summed E-state index contributed by atoms with van der Waals surface area (Å²) in [5.41, 5.74) is 1.11. The second kappa shape index (κ2) is 7.51. The molecule has 2 aliphatic rings. The van der Waals surface area contributed by atoms with E-state index in [1.165, 1.54) is 6.42 Å². The molecule has 22 heavy (non-hydrogen) atoms. The van der Waals surface area contributed by atoms with Crippen molar-refractivity contribution in [2.75, 3.05) is 40.0 Å². The molecule has 0 N–H and O–H groups in total. The minimum atomic E-state index is -0.00834. The Morgan fingerprint density at radius 3 is 3.27 bits per heavy atom. The molecule has 0 radical (unpaired) electrons. The van der Waals surface area contributed by atoms with Gasteiger partial charge in [0.15, 0.2) is 0 Å². The molecule has 2 aliphatic heterocycles. The van der Waals surface area contributed by atoms with Crippen LogP contribution < -0.4 is 0 Å². The molecule has 0 aromatic carbocycles. The van der Waals surface area contributed by atoms with E-state index in [0.717, 1.165) is 44.6 Å². The first-order valence-corrected chi connectivity index (χ1v) is 8.15. The standard InChI is InChI=1S/C17H26N2O3/c1-20-9-8-19-7-3-5-17(14-19)10-16(13-22-17)21-12-15-4-2-6-18-11-15/h2,4,6,11,16H,3,5,7-10,12-14H2,1H3. The first-order chi connectivity index (χ1) is 10.8. The summed E-state index contributed by atoms with van der Waals surface area (Å²) in [6, 6.07) is 3.99. The predicted octanol–water partition coefficient (Wildman–Crippen LogP) is 1.87. The Morgan fingerprint density at radius 2 is 2.45 bits per heavy atom. The highest BCUT2D eigenvalue weighted by Crippen LogP contribution is 2.35. The zero-order valence-electron chi connectivity index (χ0n) is 13.4. The van der Waals surface area contributed by atoms with Crippen LogP contribution >= 0.6 is 0 Å². The van der Waals surface area contributed by atoms with Crippen molar-refractivity contribution < 1.29 is 14.2 Å². The quantitative estimate of drug-likeness (QED) is 0.803. The number of ether oxygens (including phenoxy) is 3. The van der Waals surface area contributed by atoms with E-state index in [-0.39, 0.29) is 11.7 Å². The van der Waals surface area contributed by atoms with Crippen molar-refractivity contribution in [1.82, 2.24) is 9.88 Å². The maximum atomic E-state index is 6.17. The number of nitrogens with zero attached hydrogens (tertiary/aromatic N) is 2. The van der Waals surface area contributed by atoms with Crippen molar-refractivity contribution in [3.8, 4) is 0 Å². The van der Waals surface area contributed by atoms with Crippen LogP contribution in [-0.4, -0.2) is 61.5 Å². The van der Waals surface area contributed by atoms with E-state index in [4.69, 9.17) is 14.2 Å². The SMILES string of the molecule is COCCN1CCCC2(CC(OCc3cccnc3)CO2)C1. The van der Waals surface area contributed by atoms with Crippen molar-refractivity contribution in [1.29, 1.82) is 0 Å². The minimum Gasteiger partial charge on any atom is -0.383 e. The number of methoxy groups -OCH3 is 1. The third kappa shape index (κ3) is 4.04. The van der Waals surface area contributed by atoms with E-state index in [0.29, 0.717) is 13.2 Å². The molecule has 3 rings (SSSR count). The molecule has 1 aromatic heterocycles. The van der Waals surface area contributed by atoms with E-state index in [2.05, 4.69) is 9.88 Å². The highest BCUT2D eigenvalue weighted by atomic mass is 16.6. The van der Waals surface area contributed by atoms with Crippen molar-refractivity contribution >= 4 is 0 Å². The summed E-state index contributed by atoms with van der Waals surface area (Å²) < 4.78 is 17.4. The largest absolute Gasteiger partial charge is 0.383 e. The van der Waals surface area contributed by atoms with Crippen LogP contribution in [0.1, 0.15) is 24.8 Å². The molecule has 2 fully saturated rings. The molecule has 0 aliphatic carbocycles. The van der Waals surface area contributed by atoms with E-state index >= 15 is 0 Å². The number of hydrogen-bond donors (Lipinski definition) is 0. The molecule has 2 atom stereocenters. The van der Waals surface area contributed by atoms with E-state index in [9.17, 15) is 0 Å². The lowest BCUT2D eigenvalue weighted by atomic mass is 9.89. The Bertz CT molecular complexity index is 456. The van der Waals surface area contributed by atoms with Crippen LogP contribution in [0.2, 0.25) is 0 Å². The molecule has 1 spiro atoms. The van der Waals surface area contributed by atoms with Gasteiger partial charge in [0.25, 0.3) is 0 Å². The fourth-order valence-corrected chi connectivity index (χ4v) is 3.49. The smallest absolute Gasteiger partial charge is 0.0841 e. The molecule has 5 nitrogen and oxygen atoms in total. The highest BCUT2D eigenvalue weighted by Gasteiger charge is 2.43. The molecule has 2 saturated heterocycles. The molecule has 0 amide bonds. The van der Waals surface area contributed by atoms with Gasteiger partial charge in [-0.1, -0.05) is 6.07 Å². The maximum absolute atomic E-state index is 6.17. The van der Waals surface area contributed by atoms with Gasteiger partial charge in [0.1, 0.15) is 0 Å². The first kappa shape index (κ1) is 15.9. The van der Waals surface area contributed by atoms with Gasteiger partial charge in [-0.05, 0) is 31.0 Å². The first-order valence-electron chi connectivity index (χ1n) is 8.15. The van der Waals surface area contributed by atoms with Crippen LogP contribution in [0.15, 0.2) is 24.5 Å². The number of aromatic nitrogens is 1. The van der Waals surface area contributed by atoms with Crippen LogP contribution in [0.5, 0.6) is 0 Å². The van der Waals surface area contributed by atoms with Crippen molar-refractivity contribution in [3.05, 3.63) is 30.1 Å². The van der Waals surface area contributed by atoms with Crippen LogP contribution in [0, 0.1) is 0 Å². The lowest BCUT2D eigenvalue weighted by Gasteiger charge is -2.39. The molecule has 5 heteroatoms. The van der Waals surface area contributed by atoms with Gasteiger partial charge >= 0.3 is 0 Å². The molecule has 3 heterocycles. The topological polar surface area (TPSA) is 43.8 Å². The van der Waals surface area contributed by atoms with Gasteiger partial charge in [-0.3, -0.25) is 9.88 Å². The fourth-order valence-electron chi connectivity index (χ4n) is 3.49. The van der Waals surface area contributed by atoms with Crippen LogP contribution in [0.4, 0.5) is 0 Å². The number of likely N-dealkylation sites (tertiary alicyclic amines) is 1. The van der Waals surface area contributed by atoms with Crippen molar-refractivity contribution in [2.24, 2.45) is 0 Å². The zero-order valence-corrected chi connectivity index (χ0v) is 13.4. The normalized spacial score (nSPS) is 29.2. The van der Waals surface area contributed by atoms with Gasteiger partial charge in [-0.15, -0.1) is 0 Å². The van der Waals surface area contributed by atoms with E-state index < -0.39 is 0 Å².